The number of carbonyl (C=O) groups is 1. The summed E-state index contributed by atoms with van der Waals surface area (Å²) in [5.41, 5.74) is 2.00. The molecule has 0 spiro atoms. The molecular weight excluding hydrogens is 334 g/mol. The monoisotopic (exact) mass is 353 g/mol. The van der Waals surface area contributed by atoms with E-state index in [1.165, 1.54) is 11.7 Å². The first-order valence-corrected chi connectivity index (χ1v) is 8.07. The van der Waals surface area contributed by atoms with Crippen molar-refractivity contribution < 1.29 is 9.53 Å². The van der Waals surface area contributed by atoms with Crippen LogP contribution in [0.5, 0.6) is 5.75 Å². The zero-order valence-electron chi connectivity index (χ0n) is 15.1. The summed E-state index contributed by atoms with van der Waals surface area (Å²) >= 11 is 0. The normalized spacial score (nSPS) is 10.9. The van der Waals surface area contributed by atoms with Crippen LogP contribution in [-0.4, -0.2) is 27.5 Å². The fourth-order valence-electron chi connectivity index (χ4n) is 3.12. The number of nitrogens with zero attached hydrogens (tertiary/aromatic N) is 3. The Kier molecular flexibility index (Phi) is 4.46. The average Bonchev–Trinajstić information content (AvgIpc) is 2.62. The molecule has 3 rings (SSSR count). The van der Waals surface area contributed by atoms with E-state index < -0.39 is 11.2 Å². The number of hydrogen-bond donors (Lipinski definition) is 0. The molecule has 3 aromatic rings. The van der Waals surface area contributed by atoms with Gasteiger partial charge in [-0.05, 0) is 43.7 Å². The average molecular weight is 353 g/mol. The number of methoxy groups -OCH3 is 1. The van der Waals surface area contributed by atoms with Gasteiger partial charge in [-0.15, -0.1) is 0 Å². The Morgan fingerprint density at radius 2 is 1.92 bits per heavy atom. The summed E-state index contributed by atoms with van der Waals surface area (Å²) in [6.45, 7) is 3.64. The Balaban J connectivity index is 2.29. The van der Waals surface area contributed by atoms with Crippen molar-refractivity contribution in [1.29, 1.82) is 0 Å². The number of rotatable bonds is 4. The lowest BCUT2D eigenvalue weighted by atomic mass is 10.1. The summed E-state index contributed by atoms with van der Waals surface area (Å²) in [6.07, 6.45) is 0.709. The van der Waals surface area contributed by atoms with Crippen LogP contribution in [0.2, 0.25) is 0 Å². The minimum atomic E-state index is -0.474. The first-order valence-electron chi connectivity index (χ1n) is 8.07. The van der Waals surface area contributed by atoms with Gasteiger partial charge in [0.15, 0.2) is 0 Å². The van der Waals surface area contributed by atoms with Crippen molar-refractivity contribution >= 4 is 17.3 Å². The van der Waals surface area contributed by atoms with Crippen LogP contribution in [0.4, 0.5) is 0 Å². The van der Waals surface area contributed by atoms with Gasteiger partial charge >= 0.3 is 5.69 Å². The van der Waals surface area contributed by atoms with Gasteiger partial charge in [-0.2, -0.15) is 0 Å². The molecule has 0 unspecified atom stereocenters. The summed E-state index contributed by atoms with van der Waals surface area (Å²) < 4.78 is 7.81. The molecule has 0 saturated heterocycles. The highest BCUT2D eigenvalue weighted by Gasteiger charge is 2.16. The molecule has 0 saturated carbocycles. The van der Waals surface area contributed by atoms with Gasteiger partial charge in [-0.1, -0.05) is 0 Å². The van der Waals surface area contributed by atoms with E-state index in [2.05, 4.69) is 4.98 Å². The third-order valence-corrected chi connectivity index (χ3v) is 4.39. The number of ether oxygens (including phenoxy) is 1. The van der Waals surface area contributed by atoms with Crippen molar-refractivity contribution in [2.45, 2.75) is 20.4 Å². The maximum absolute atomic E-state index is 13.0. The molecule has 2 heterocycles. The zero-order chi connectivity index (χ0) is 19.0. The molecule has 0 radical (unpaired) electrons. The van der Waals surface area contributed by atoms with E-state index in [9.17, 15) is 14.4 Å². The second kappa shape index (κ2) is 6.59. The summed E-state index contributed by atoms with van der Waals surface area (Å²) in [7, 11) is 3.09. The minimum Gasteiger partial charge on any atom is -0.496 e. The summed E-state index contributed by atoms with van der Waals surface area (Å²) in [4.78, 5) is 41.2. The molecule has 7 nitrogen and oxygen atoms in total. The number of fused-ring (bicyclic) bond motifs is 1. The number of aldehydes is 1. The van der Waals surface area contributed by atoms with Crippen LogP contribution in [0.25, 0.3) is 11.0 Å². The summed E-state index contributed by atoms with van der Waals surface area (Å²) in [5.74, 6) is 0.503. The molecule has 0 aliphatic heterocycles. The Hall–Kier alpha value is -3.22. The van der Waals surface area contributed by atoms with Crippen LogP contribution in [0, 0.1) is 13.8 Å². The highest BCUT2D eigenvalue weighted by Crippen LogP contribution is 2.20. The smallest absolute Gasteiger partial charge is 0.332 e. The van der Waals surface area contributed by atoms with Gasteiger partial charge in [-0.25, -0.2) is 9.78 Å². The van der Waals surface area contributed by atoms with E-state index in [1.54, 1.807) is 25.2 Å². The molecule has 0 N–H and O–H groups in total. The van der Waals surface area contributed by atoms with E-state index in [0.717, 1.165) is 15.8 Å². The van der Waals surface area contributed by atoms with Gasteiger partial charge in [0.1, 0.15) is 17.7 Å². The van der Waals surface area contributed by atoms with E-state index in [1.807, 2.05) is 19.9 Å². The molecule has 7 heteroatoms. The maximum atomic E-state index is 13.0. The number of carbonyl (C=O) groups excluding carboxylic acids is 1. The lowest BCUT2D eigenvalue weighted by Gasteiger charge is -2.14. The molecular formula is C19H19N3O4. The molecule has 0 bridgehead atoms. The van der Waals surface area contributed by atoms with Gasteiger partial charge in [-0.3, -0.25) is 18.7 Å². The fraction of sp³-hybridized carbons (Fsp3) is 0.263. The molecule has 0 aliphatic carbocycles. The van der Waals surface area contributed by atoms with Gasteiger partial charge in [0.05, 0.1) is 19.0 Å². The van der Waals surface area contributed by atoms with E-state index >= 15 is 0 Å². The van der Waals surface area contributed by atoms with Crippen LogP contribution in [0.3, 0.4) is 0 Å². The Morgan fingerprint density at radius 3 is 2.58 bits per heavy atom. The van der Waals surface area contributed by atoms with Crippen LogP contribution >= 0.6 is 0 Å². The summed E-state index contributed by atoms with van der Waals surface area (Å²) in [5, 5.41) is 0.406. The first kappa shape index (κ1) is 17.6. The van der Waals surface area contributed by atoms with Crippen molar-refractivity contribution in [3.63, 3.8) is 0 Å². The van der Waals surface area contributed by atoms with Crippen molar-refractivity contribution in [3.8, 4) is 5.75 Å². The minimum absolute atomic E-state index is 0.000381. The molecule has 26 heavy (non-hydrogen) atoms. The highest BCUT2D eigenvalue weighted by molar-refractivity contribution is 5.78. The van der Waals surface area contributed by atoms with Gasteiger partial charge < -0.3 is 4.74 Å². The number of aromatic nitrogens is 3. The van der Waals surface area contributed by atoms with Crippen LogP contribution in [0.15, 0.2) is 33.9 Å². The standard InChI is InChI=1S/C19H19N3O4/c1-11-7-12(2)20-17-16(11)18(24)22(19(25)21(17)3)9-14-8-13(10-23)5-6-15(14)26-4/h5-8,10H,9H2,1-4H3. The second-order valence-corrected chi connectivity index (χ2v) is 6.20. The molecule has 0 atom stereocenters. The first-order chi connectivity index (χ1) is 12.4. The Bertz CT molecular complexity index is 1140. The predicted molar refractivity (Wildman–Crippen MR) is 98.2 cm³/mol. The maximum Gasteiger partial charge on any atom is 0.332 e. The largest absolute Gasteiger partial charge is 0.496 e. The van der Waals surface area contributed by atoms with Crippen molar-refractivity contribution in [1.82, 2.24) is 14.1 Å². The van der Waals surface area contributed by atoms with Crippen LogP contribution < -0.4 is 16.0 Å². The lowest BCUT2D eigenvalue weighted by Crippen LogP contribution is -2.40. The third-order valence-electron chi connectivity index (χ3n) is 4.39. The van der Waals surface area contributed by atoms with Gasteiger partial charge in [0, 0.05) is 23.9 Å². The second-order valence-electron chi connectivity index (χ2n) is 6.20. The number of benzene rings is 1. The molecule has 0 aliphatic rings. The molecule has 134 valence electrons. The molecule has 2 aromatic heterocycles. The van der Waals surface area contributed by atoms with E-state index in [-0.39, 0.29) is 6.54 Å². The fourth-order valence-corrected chi connectivity index (χ4v) is 3.12. The Labute approximate surface area is 149 Å². The number of hydrogen-bond acceptors (Lipinski definition) is 5. The molecule has 0 fully saturated rings. The van der Waals surface area contributed by atoms with Crippen molar-refractivity contribution in [3.05, 3.63) is 67.5 Å². The topological polar surface area (TPSA) is 83.2 Å². The Morgan fingerprint density at radius 1 is 1.19 bits per heavy atom. The summed E-state index contributed by atoms with van der Waals surface area (Å²) in [6, 6.07) is 6.69. The number of aryl methyl sites for hydroxylation is 3. The van der Waals surface area contributed by atoms with Crippen LogP contribution in [-0.2, 0) is 13.6 Å². The predicted octanol–water partition coefficient (Wildman–Crippen LogP) is 1.58. The SMILES string of the molecule is COc1ccc(C=O)cc1Cn1c(=O)c2c(C)cc(C)nc2n(C)c1=O. The molecule has 1 aromatic carbocycles. The van der Waals surface area contributed by atoms with E-state index in [4.69, 9.17) is 4.74 Å². The quantitative estimate of drug-likeness (QED) is 0.665. The van der Waals surface area contributed by atoms with Crippen LogP contribution in [0.1, 0.15) is 27.2 Å². The number of pyridine rings is 1. The lowest BCUT2D eigenvalue weighted by molar-refractivity contribution is 0.112. The zero-order valence-corrected chi connectivity index (χ0v) is 15.1. The third kappa shape index (κ3) is 2.81. The van der Waals surface area contributed by atoms with Crippen molar-refractivity contribution in [2.75, 3.05) is 7.11 Å². The van der Waals surface area contributed by atoms with Gasteiger partial charge in [0.25, 0.3) is 5.56 Å². The highest BCUT2D eigenvalue weighted by atomic mass is 16.5. The molecule has 0 amide bonds. The van der Waals surface area contributed by atoms with Gasteiger partial charge in [0.2, 0.25) is 0 Å². The van der Waals surface area contributed by atoms with E-state index in [0.29, 0.717) is 34.2 Å². The van der Waals surface area contributed by atoms with Crippen molar-refractivity contribution in [2.24, 2.45) is 7.05 Å².